The fourth-order valence-electron chi connectivity index (χ4n) is 2.82. The van der Waals surface area contributed by atoms with Crippen LogP contribution in [0.4, 0.5) is 18.9 Å². The van der Waals surface area contributed by atoms with Crippen LogP contribution in [-0.4, -0.2) is 21.8 Å². The molecule has 0 aromatic heterocycles. The SMILES string of the molecule is CCN(Cc1ccc2c(c1)OCO2)c1ccc(S(N)(=O)=O)cc1C(F)(F)F. The number of benzene rings is 2. The summed E-state index contributed by atoms with van der Waals surface area (Å²) in [6, 6.07) is 7.90. The molecular weight excluding hydrogens is 385 g/mol. The largest absolute Gasteiger partial charge is 0.454 e. The van der Waals surface area contributed by atoms with Gasteiger partial charge in [-0.3, -0.25) is 0 Å². The monoisotopic (exact) mass is 402 g/mol. The molecule has 1 aliphatic heterocycles. The summed E-state index contributed by atoms with van der Waals surface area (Å²) in [6.45, 7) is 2.25. The van der Waals surface area contributed by atoms with E-state index in [4.69, 9.17) is 14.6 Å². The topological polar surface area (TPSA) is 81.9 Å². The molecule has 10 heteroatoms. The van der Waals surface area contributed by atoms with E-state index in [1.807, 2.05) is 0 Å². The van der Waals surface area contributed by atoms with E-state index >= 15 is 0 Å². The molecule has 0 atom stereocenters. The highest BCUT2D eigenvalue weighted by molar-refractivity contribution is 7.89. The first kappa shape index (κ1) is 19.3. The van der Waals surface area contributed by atoms with Crippen LogP contribution in [0.5, 0.6) is 11.5 Å². The first-order valence-corrected chi connectivity index (χ1v) is 9.51. The highest BCUT2D eigenvalue weighted by atomic mass is 32.2. The summed E-state index contributed by atoms with van der Waals surface area (Å²) < 4.78 is 74.0. The predicted molar refractivity (Wildman–Crippen MR) is 92.1 cm³/mol. The van der Waals surface area contributed by atoms with E-state index in [9.17, 15) is 21.6 Å². The van der Waals surface area contributed by atoms with E-state index in [0.29, 0.717) is 17.6 Å². The molecule has 27 heavy (non-hydrogen) atoms. The maximum Gasteiger partial charge on any atom is 0.418 e. The Hall–Kier alpha value is -2.46. The lowest BCUT2D eigenvalue weighted by Crippen LogP contribution is -2.26. The van der Waals surface area contributed by atoms with Crippen molar-refractivity contribution in [1.29, 1.82) is 0 Å². The van der Waals surface area contributed by atoms with Gasteiger partial charge < -0.3 is 14.4 Å². The number of alkyl halides is 3. The summed E-state index contributed by atoms with van der Waals surface area (Å²) in [7, 11) is -4.25. The van der Waals surface area contributed by atoms with Crippen LogP contribution >= 0.6 is 0 Å². The molecule has 0 aliphatic carbocycles. The number of rotatable bonds is 5. The van der Waals surface area contributed by atoms with E-state index < -0.39 is 26.7 Å². The van der Waals surface area contributed by atoms with Gasteiger partial charge in [0.2, 0.25) is 16.8 Å². The Kier molecular flexibility index (Phi) is 4.96. The van der Waals surface area contributed by atoms with Gasteiger partial charge in [0.15, 0.2) is 11.5 Å². The normalized spacial score (nSPS) is 13.7. The van der Waals surface area contributed by atoms with Crippen LogP contribution in [0, 0.1) is 0 Å². The number of fused-ring (bicyclic) bond motifs is 1. The van der Waals surface area contributed by atoms with E-state index in [2.05, 4.69) is 0 Å². The van der Waals surface area contributed by atoms with Crippen LogP contribution in [0.25, 0.3) is 0 Å². The van der Waals surface area contributed by atoms with Crippen LogP contribution in [0.3, 0.4) is 0 Å². The molecule has 2 N–H and O–H groups in total. The first-order valence-electron chi connectivity index (χ1n) is 7.97. The van der Waals surface area contributed by atoms with Gasteiger partial charge in [0.25, 0.3) is 0 Å². The maximum atomic E-state index is 13.5. The summed E-state index contributed by atoms with van der Waals surface area (Å²) in [6.07, 6.45) is -4.74. The van der Waals surface area contributed by atoms with Crippen LogP contribution in [0.1, 0.15) is 18.1 Å². The van der Waals surface area contributed by atoms with E-state index in [1.165, 1.54) is 4.90 Å². The number of primary sulfonamides is 1. The van der Waals surface area contributed by atoms with E-state index in [-0.39, 0.29) is 25.6 Å². The lowest BCUT2D eigenvalue weighted by Gasteiger charge is -2.27. The quantitative estimate of drug-likeness (QED) is 0.831. The Labute approximate surface area is 154 Å². The smallest absolute Gasteiger partial charge is 0.418 e. The van der Waals surface area contributed by atoms with Gasteiger partial charge in [0.1, 0.15) is 0 Å². The fraction of sp³-hybridized carbons (Fsp3) is 0.294. The van der Waals surface area contributed by atoms with Crippen molar-refractivity contribution < 1.29 is 31.1 Å². The standard InChI is InChI=1S/C17H17F3N2O4S/c1-2-22(9-11-3-6-15-16(7-11)26-10-25-15)14-5-4-12(27(21,23)24)8-13(14)17(18,19)20/h3-8H,2,9-10H2,1H3,(H2,21,23,24). The molecule has 0 unspecified atom stereocenters. The third kappa shape index (κ3) is 4.11. The van der Waals surface area contributed by atoms with Crippen molar-refractivity contribution in [3.63, 3.8) is 0 Å². The fourth-order valence-corrected chi connectivity index (χ4v) is 3.36. The molecular formula is C17H17F3N2O4S. The molecule has 0 fully saturated rings. The second-order valence-electron chi connectivity index (χ2n) is 5.92. The minimum atomic E-state index is -4.74. The number of ether oxygens (including phenoxy) is 2. The van der Waals surface area contributed by atoms with Gasteiger partial charge in [-0.1, -0.05) is 6.07 Å². The summed E-state index contributed by atoms with van der Waals surface area (Å²) in [4.78, 5) is 0.908. The molecule has 0 saturated carbocycles. The number of sulfonamides is 1. The minimum Gasteiger partial charge on any atom is -0.454 e. The van der Waals surface area contributed by atoms with Crippen LogP contribution in [0.2, 0.25) is 0 Å². The first-order chi connectivity index (χ1) is 12.6. The van der Waals surface area contributed by atoms with E-state index in [0.717, 1.165) is 17.7 Å². The second-order valence-corrected chi connectivity index (χ2v) is 7.48. The van der Waals surface area contributed by atoms with Gasteiger partial charge in [-0.2, -0.15) is 13.2 Å². The summed E-state index contributed by atoms with van der Waals surface area (Å²) in [5, 5.41) is 4.97. The zero-order valence-corrected chi connectivity index (χ0v) is 15.1. The molecule has 2 aromatic rings. The number of anilines is 1. The van der Waals surface area contributed by atoms with Gasteiger partial charge >= 0.3 is 6.18 Å². The molecule has 0 radical (unpaired) electrons. The molecule has 0 saturated heterocycles. The van der Waals surface area contributed by atoms with Crippen molar-refractivity contribution in [1.82, 2.24) is 0 Å². The van der Waals surface area contributed by atoms with Crippen LogP contribution < -0.4 is 19.5 Å². The Morgan fingerprint density at radius 1 is 1.11 bits per heavy atom. The average Bonchev–Trinajstić information content (AvgIpc) is 3.05. The second kappa shape index (κ2) is 6.93. The zero-order valence-electron chi connectivity index (χ0n) is 14.3. The van der Waals surface area contributed by atoms with Gasteiger partial charge in [-0.05, 0) is 42.8 Å². The molecule has 2 aromatic carbocycles. The molecule has 1 aliphatic rings. The van der Waals surface area contributed by atoms with Crippen molar-refractivity contribution in [2.45, 2.75) is 24.5 Å². The third-order valence-electron chi connectivity index (χ3n) is 4.13. The van der Waals surface area contributed by atoms with Crippen molar-refractivity contribution in [2.24, 2.45) is 5.14 Å². The van der Waals surface area contributed by atoms with Crippen molar-refractivity contribution in [3.05, 3.63) is 47.5 Å². The summed E-state index contributed by atoms with van der Waals surface area (Å²) in [5.41, 5.74) is -0.462. The molecule has 0 bridgehead atoms. The zero-order chi connectivity index (χ0) is 19.8. The number of nitrogens with zero attached hydrogens (tertiary/aromatic N) is 1. The van der Waals surface area contributed by atoms with Gasteiger partial charge in [-0.25, -0.2) is 13.6 Å². The van der Waals surface area contributed by atoms with Gasteiger partial charge in [-0.15, -0.1) is 0 Å². The van der Waals surface area contributed by atoms with Gasteiger partial charge in [0.05, 0.1) is 10.5 Å². The van der Waals surface area contributed by atoms with Crippen LogP contribution in [0.15, 0.2) is 41.3 Å². The summed E-state index contributed by atoms with van der Waals surface area (Å²) >= 11 is 0. The molecule has 6 nitrogen and oxygen atoms in total. The summed E-state index contributed by atoms with van der Waals surface area (Å²) in [5.74, 6) is 1.11. The molecule has 146 valence electrons. The van der Waals surface area contributed by atoms with Crippen LogP contribution in [-0.2, 0) is 22.7 Å². The molecule has 1 heterocycles. The van der Waals surface area contributed by atoms with Crippen molar-refractivity contribution >= 4 is 15.7 Å². The Balaban J connectivity index is 1.99. The number of hydrogen-bond acceptors (Lipinski definition) is 5. The average molecular weight is 402 g/mol. The predicted octanol–water partition coefficient (Wildman–Crippen LogP) is 3.11. The van der Waals surface area contributed by atoms with Crippen molar-refractivity contribution in [2.75, 3.05) is 18.2 Å². The number of hydrogen-bond donors (Lipinski definition) is 1. The maximum absolute atomic E-state index is 13.5. The highest BCUT2D eigenvalue weighted by Gasteiger charge is 2.36. The Bertz CT molecular complexity index is 961. The minimum absolute atomic E-state index is 0.101. The molecule has 0 spiro atoms. The molecule has 3 rings (SSSR count). The van der Waals surface area contributed by atoms with Crippen molar-refractivity contribution in [3.8, 4) is 11.5 Å². The Morgan fingerprint density at radius 3 is 2.44 bits per heavy atom. The lowest BCUT2D eigenvalue weighted by molar-refractivity contribution is -0.137. The number of halogens is 3. The molecule has 0 amide bonds. The third-order valence-corrected chi connectivity index (χ3v) is 5.05. The number of nitrogens with two attached hydrogens (primary N) is 1. The highest BCUT2D eigenvalue weighted by Crippen LogP contribution is 2.39. The Morgan fingerprint density at radius 2 is 1.81 bits per heavy atom. The van der Waals surface area contributed by atoms with Gasteiger partial charge in [0, 0.05) is 18.8 Å². The lowest BCUT2D eigenvalue weighted by atomic mass is 10.1. The van der Waals surface area contributed by atoms with E-state index in [1.54, 1.807) is 25.1 Å².